The van der Waals surface area contributed by atoms with Crippen molar-refractivity contribution in [2.75, 3.05) is 5.32 Å². The summed E-state index contributed by atoms with van der Waals surface area (Å²) in [5.41, 5.74) is 2.65. The number of carbonyl (C=O) groups excluding carboxylic acids is 1. The van der Waals surface area contributed by atoms with Crippen LogP contribution in [0.2, 0.25) is 5.02 Å². The van der Waals surface area contributed by atoms with Gasteiger partial charge in [-0.05, 0) is 44.5 Å². The molecule has 0 radical (unpaired) electrons. The van der Waals surface area contributed by atoms with Gasteiger partial charge in [0, 0.05) is 12.6 Å². The molecule has 1 aromatic heterocycles. The molecular weight excluding hydrogens is 274 g/mol. The molecule has 0 aliphatic heterocycles. The van der Waals surface area contributed by atoms with Crippen LogP contribution in [0.25, 0.3) is 0 Å². The predicted molar refractivity (Wildman–Crippen MR) is 81.1 cm³/mol. The molecule has 20 heavy (non-hydrogen) atoms. The molecule has 0 saturated heterocycles. The molecular formula is C15H18ClN3O. The average Bonchev–Trinajstić information content (AvgIpc) is 2.79. The first-order valence-corrected chi connectivity index (χ1v) is 6.91. The highest BCUT2D eigenvalue weighted by Gasteiger charge is 2.13. The summed E-state index contributed by atoms with van der Waals surface area (Å²) in [6.07, 6.45) is 2.23. The Morgan fingerprint density at radius 2 is 2.15 bits per heavy atom. The summed E-state index contributed by atoms with van der Waals surface area (Å²) >= 11 is 6.10. The molecule has 2 rings (SSSR count). The van der Waals surface area contributed by atoms with Crippen LogP contribution in [0.5, 0.6) is 0 Å². The standard InChI is InChI=1S/C15H18ClN3O/c1-10-4-5-14(13(16)8-10)17-15(20)9-12(3)19-7-6-11(2)18-19/h4-8,12H,9H2,1-3H3,(H,17,20)/t12-/m1/s1. The molecule has 0 aliphatic carbocycles. The number of rotatable bonds is 4. The van der Waals surface area contributed by atoms with Crippen molar-refractivity contribution in [3.05, 3.63) is 46.7 Å². The van der Waals surface area contributed by atoms with Crippen molar-refractivity contribution in [1.82, 2.24) is 9.78 Å². The van der Waals surface area contributed by atoms with Gasteiger partial charge in [-0.1, -0.05) is 17.7 Å². The van der Waals surface area contributed by atoms with E-state index in [9.17, 15) is 4.79 Å². The second kappa shape index (κ2) is 6.09. The van der Waals surface area contributed by atoms with Crippen LogP contribution in [-0.4, -0.2) is 15.7 Å². The maximum atomic E-state index is 12.0. The fourth-order valence-electron chi connectivity index (χ4n) is 1.96. The van der Waals surface area contributed by atoms with Crippen molar-refractivity contribution in [3.63, 3.8) is 0 Å². The zero-order valence-electron chi connectivity index (χ0n) is 11.9. The minimum absolute atomic E-state index is 0.00734. The summed E-state index contributed by atoms with van der Waals surface area (Å²) in [7, 11) is 0. The molecule has 1 aromatic carbocycles. The summed E-state index contributed by atoms with van der Waals surface area (Å²) < 4.78 is 1.80. The van der Waals surface area contributed by atoms with Gasteiger partial charge < -0.3 is 5.32 Å². The van der Waals surface area contributed by atoms with Crippen LogP contribution in [-0.2, 0) is 4.79 Å². The number of benzene rings is 1. The van der Waals surface area contributed by atoms with Gasteiger partial charge in [-0.3, -0.25) is 9.48 Å². The Kier molecular flexibility index (Phi) is 4.45. The molecule has 0 bridgehead atoms. The Bertz CT molecular complexity index is 621. The molecule has 0 fully saturated rings. The fourth-order valence-corrected chi connectivity index (χ4v) is 2.25. The molecule has 0 unspecified atom stereocenters. The topological polar surface area (TPSA) is 46.9 Å². The second-order valence-corrected chi connectivity index (χ2v) is 5.43. The summed E-state index contributed by atoms with van der Waals surface area (Å²) in [6.45, 7) is 5.84. The third kappa shape index (κ3) is 3.61. The summed E-state index contributed by atoms with van der Waals surface area (Å²) in [5, 5.41) is 7.70. The number of hydrogen-bond acceptors (Lipinski definition) is 2. The number of aromatic nitrogens is 2. The van der Waals surface area contributed by atoms with Gasteiger partial charge >= 0.3 is 0 Å². The molecule has 1 heterocycles. The van der Waals surface area contributed by atoms with Crippen LogP contribution in [0.3, 0.4) is 0 Å². The quantitative estimate of drug-likeness (QED) is 0.933. The average molecular weight is 292 g/mol. The lowest BCUT2D eigenvalue weighted by atomic mass is 10.2. The lowest BCUT2D eigenvalue weighted by Gasteiger charge is -2.13. The third-order valence-electron chi connectivity index (χ3n) is 3.07. The lowest BCUT2D eigenvalue weighted by Crippen LogP contribution is -2.18. The van der Waals surface area contributed by atoms with Crippen LogP contribution in [0.1, 0.15) is 30.6 Å². The minimum Gasteiger partial charge on any atom is -0.325 e. The lowest BCUT2D eigenvalue weighted by molar-refractivity contribution is -0.116. The van der Waals surface area contributed by atoms with Crippen molar-refractivity contribution in [1.29, 1.82) is 0 Å². The van der Waals surface area contributed by atoms with Crippen molar-refractivity contribution >= 4 is 23.2 Å². The number of hydrogen-bond donors (Lipinski definition) is 1. The van der Waals surface area contributed by atoms with E-state index < -0.39 is 0 Å². The summed E-state index contributed by atoms with van der Waals surface area (Å²) in [6, 6.07) is 7.50. The van der Waals surface area contributed by atoms with Gasteiger partial charge in [-0.2, -0.15) is 5.10 Å². The van der Waals surface area contributed by atoms with Gasteiger partial charge in [-0.25, -0.2) is 0 Å². The van der Waals surface area contributed by atoms with E-state index in [0.717, 1.165) is 11.3 Å². The molecule has 2 aromatic rings. The highest BCUT2D eigenvalue weighted by atomic mass is 35.5. The van der Waals surface area contributed by atoms with Gasteiger partial charge in [0.2, 0.25) is 5.91 Å². The van der Waals surface area contributed by atoms with E-state index in [4.69, 9.17) is 11.6 Å². The van der Waals surface area contributed by atoms with E-state index in [0.29, 0.717) is 17.1 Å². The number of amides is 1. The number of halogens is 1. The SMILES string of the molecule is Cc1ccc(NC(=O)C[C@@H](C)n2ccc(C)n2)c(Cl)c1. The number of nitrogens with one attached hydrogen (secondary N) is 1. The van der Waals surface area contributed by atoms with E-state index in [1.165, 1.54) is 0 Å². The molecule has 5 heteroatoms. The van der Waals surface area contributed by atoms with E-state index in [1.807, 2.05) is 51.2 Å². The zero-order chi connectivity index (χ0) is 14.7. The smallest absolute Gasteiger partial charge is 0.226 e. The molecule has 1 N–H and O–H groups in total. The normalized spacial score (nSPS) is 12.2. The van der Waals surface area contributed by atoms with Crippen LogP contribution >= 0.6 is 11.6 Å². The van der Waals surface area contributed by atoms with Crippen LogP contribution < -0.4 is 5.32 Å². The number of carbonyl (C=O) groups is 1. The highest BCUT2D eigenvalue weighted by Crippen LogP contribution is 2.23. The van der Waals surface area contributed by atoms with Crippen LogP contribution in [0.15, 0.2) is 30.5 Å². The molecule has 0 saturated carbocycles. The van der Waals surface area contributed by atoms with Gasteiger partial charge in [0.15, 0.2) is 0 Å². The number of nitrogens with zero attached hydrogens (tertiary/aromatic N) is 2. The number of aryl methyl sites for hydroxylation is 2. The second-order valence-electron chi connectivity index (χ2n) is 5.02. The van der Waals surface area contributed by atoms with E-state index in [2.05, 4.69) is 10.4 Å². The molecule has 1 atom stereocenters. The van der Waals surface area contributed by atoms with Crippen LogP contribution in [0.4, 0.5) is 5.69 Å². The van der Waals surface area contributed by atoms with Gasteiger partial charge in [0.25, 0.3) is 0 Å². The first-order chi connectivity index (χ1) is 9.45. The van der Waals surface area contributed by atoms with E-state index in [1.54, 1.807) is 4.68 Å². The van der Waals surface area contributed by atoms with E-state index in [-0.39, 0.29) is 11.9 Å². The fraction of sp³-hybridized carbons (Fsp3) is 0.333. The Morgan fingerprint density at radius 3 is 2.75 bits per heavy atom. The first kappa shape index (κ1) is 14.6. The molecule has 106 valence electrons. The predicted octanol–water partition coefficient (Wildman–Crippen LogP) is 3.74. The van der Waals surface area contributed by atoms with Gasteiger partial charge in [0.05, 0.1) is 22.4 Å². The maximum absolute atomic E-state index is 12.0. The maximum Gasteiger partial charge on any atom is 0.226 e. The third-order valence-corrected chi connectivity index (χ3v) is 3.39. The number of anilines is 1. The summed E-state index contributed by atoms with van der Waals surface area (Å²) in [5.74, 6) is -0.0728. The zero-order valence-corrected chi connectivity index (χ0v) is 12.6. The Balaban J connectivity index is 1.98. The van der Waals surface area contributed by atoms with Crippen molar-refractivity contribution in [2.24, 2.45) is 0 Å². The molecule has 0 spiro atoms. The van der Waals surface area contributed by atoms with E-state index >= 15 is 0 Å². The van der Waals surface area contributed by atoms with Crippen LogP contribution in [0, 0.1) is 13.8 Å². The molecule has 1 amide bonds. The first-order valence-electron chi connectivity index (χ1n) is 6.53. The van der Waals surface area contributed by atoms with Gasteiger partial charge in [0.1, 0.15) is 0 Å². The van der Waals surface area contributed by atoms with Gasteiger partial charge in [-0.15, -0.1) is 0 Å². The van der Waals surface area contributed by atoms with Crippen molar-refractivity contribution in [3.8, 4) is 0 Å². The largest absolute Gasteiger partial charge is 0.325 e. The van der Waals surface area contributed by atoms with Crippen molar-refractivity contribution < 1.29 is 4.79 Å². The molecule has 0 aliphatic rings. The van der Waals surface area contributed by atoms with Crippen molar-refractivity contribution in [2.45, 2.75) is 33.2 Å². The summed E-state index contributed by atoms with van der Waals surface area (Å²) in [4.78, 5) is 12.0. The minimum atomic E-state index is -0.0728. The Morgan fingerprint density at radius 1 is 1.40 bits per heavy atom. The highest BCUT2D eigenvalue weighted by molar-refractivity contribution is 6.33. The molecule has 4 nitrogen and oxygen atoms in total. The Labute approximate surface area is 123 Å². The Hall–Kier alpha value is -1.81. The monoisotopic (exact) mass is 291 g/mol.